The molecule has 0 aliphatic heterocycles. The van der Waals surface area contributed by atoms with Crippen molar-refractivity contribution in [2.24, 2.45) is 0 Å². The fraction of sp³-hybridized carbons (Fsp3) is 0.188. The summed E-state index contributed by atoms with van der Waals surface area (Å²) in [5.74, 6) is -0.211. The van der Waals surface area contributed by atoms with E-state index in [-0.39, 0.29) is 12.1 Å². The van der Waals surface area contributed by atoms with E-state index in [0.717, 1.165) is 19.2 Å². The molecule has 1 atom stereocenters. The van der Waals surface area contributed by atoms with Gasteiger partial charge in [0.2, 0.25) is 0 Å². The van der Waals surface area contributed by atoms with Crippen molar-refractivity contribution in [3.63, 3.8) is 0 Å². The fourth-order valence-electron chi connectivity index (χ4n) is 1.90. The van der Waals surface area contributed by atoms with Gasteiger partial charge in [0, 0.05) is 13.6 Å². The van der Waals surface area contributed by atoms with Gasteiger partial charge >= 0.3 is 5.97 Å². The van der Waals surface area contributed by atoms with Crippen LogP contribution in [-0.2, 0) is 16.0 Å². The summed E-state index contributed by atoms with van der Waals surface area (Å²) >= 11 is 5.70. The molecule has 0 unspecified atom stereocenters. The molecule has 20 heavy (non-hydrogen) atoms. The fourth-order valence-corrected chi connectivity index (χ4v) is 3.09. The van der Waals surface area contributed by atoms with Crippen LogP contribution in [0.15, 0.2) is 53.0 Å². The zero-order valence-corrected chi connectivity index (χ0v) is 14.7. The number of benzene rings is 2. The number of esters is 1. The molecule has 0 aliphatic carbocycles. The molecule has 0 radical (unpaired) electrons. The Morgan fingerprint density at radius 1 is 1.20 bits per heavy atom. The molecule has 0 fully saturated rings. The van der Waals surface area contributed by atoms with Crippen LogP contribution in [0.1, 0.15) is 24.2 Å². The maximum absolute atomic E-state index is 12.0. The van der Waals surface area contributed by atoms with E-state index in [2.05, 4.69) is 38.5 Å². The Balaban J connectivity index is 2.02. The van der Waals surface area contributed by atoms with Crippen molar-refractivity contribution in [1.29, 1.82) is 0 Å². The van der Waals surface area contributed by atoms with Crippen LogP contribution in [0.5, 0.6) is 0 Å². The third-order valence-electron chi connectivity index (χ3n) is 2.94. The van der Waals surface area contributed by atoms with Gasteiger partial charge in [0.05, 0.1) is 6.42 Å². The maximum Gasteiger partial charge on any atom is 0.310 e. The number of halogens is 2. The van der Waals surface area contributed by atoms with Crippen LogP contribution in [0.2, 0.25) is 0 Å². The zero-order chi connectivity index (χ0) is 14.5. The first-order valence-corrected chi connectivity index (χ1v) is 8.12. The summed E-state index contributed by atoms with van der Waals surface area (Å²) in [6.45, 7) is 1.88. The zero-order valence-electron chi connectivity index (χ0n) is 11.0. The Bertz CT molecular complexity index is 613. The molecule has 0 N–H and O–H groups in total. The lowest BCUT2D eigenvalue weighted by Gasteiger charge is -2.15. The van der Waals surface area contributed by atoms with E-state index in [1.807, 2.05) is 55.5 Å². The van der Waals surface area contributed by atoms with Crippen molar-refractivity contribution in [2.45, 2.75) is 19.4 Å². The summed E-state index contributed by atoms with van der Waals surface area (Å²) in [6.07, 6.45) is 0.0351. The Morgan fingerprint density at radius 3 is 2.55 bits per heavy atom. The third-order valence-corrected chi connectivity index (χ3v) is 4.72. The van der Waals surface area contributed by atoms with Gasteiger partial charge in [-0.15, -0.1) is 0 Å². The van der Waals surface area contributed by atoms with E-state index >= 15 is 0 Å². The Morgan fingerprint density at radius 2 is 1.85 bits per heavy atom. The van der Waals surface area contributed by atoms with Crippen LogP contribution in [0, 0.1) is 3.57 Å². The summed E-state index contributed by atoms with van der Waals surface area (Å²) < 4.78 is 7.54. The first-order chi connectivity index (χ1) is 9.58. The first kappa shape index (κ1) is 15.5. The largest absolute Gasteiger partial charge is 0.457 e. The van der Waals surface area contributed by atoms with Gasteiger partial charge in [0.1, 0.15) is 6.10 Å². The lowest BCUT2D eigenvalue weighted by Crippen LogP contribution is -2.12. The van der Waals surface area contributed by atoms with Crippen molar-refractivity contribution in [3.8, 4) is 0 Å². The molecule has 0 spiro atoms. The molecule has 0 aliphatic rings. The highest BCUT2D eigenvalue weighted by Crippen LogP contribution is 2.26. The van der Waals surface area contributed by atoms with E-state index in [9.17, 15) is 4.79 Å². The van der Waals surface area contributed by atoms with Crippen molar-refractivity contribution in [2.75, 3.05) is 0 Å². The van der Waals surface area contributed by atoms with Crippen molar-refractivity contribution >= 4 is 44.5 Å². The summed E-state index contributed by atoms with van der Waals surface area (Å²) in [4.78, 5) is 12.0. The second-order valence-corrected chi connectivity index (χ2v) is 6.44. The molecular weight excluding hydrogens is 431 g/mol. The van der Waals surface area contributed by atoms with Crippen molar-refractivity contribution < 1.29 is 9.53 Å². The minimum atomic E-state index is -0.264. The number of carbonyl (C=O) groups is 1. The molecular formula is C16H14BrIO2. The van der Waals surface area contributed by atoms with Gasteiger partial charge in [-0.2, -0.15) is 0 Å². The van der Waals surface area contributed by atoms with Crippen molar-refractivity contribution in [1.82, 2.24) is 0 Å². The molecule has 0 aromatic heterocycles. The van der Waals surface area contributed by atoms with Crippen LogP contribution in [0.4, 0.5) is 0 Å². The molecule has 2 aromatic carbocycles. The van der Waals surface area contributed by atoms with E-state index in [1.165, 1.54) is 0 Å². The van der Waals surface area contributed by atoms with E-state index in [4.69, 9.17) is 4.74 Å². The van der Waals surface area contributed by atoms with Gasteiger partial charge in [-0.25, -0.2) is 0 Å². The van der Waals surface area contributed by atoms with E-state index < -0.39 is 0 Å². The number of carbonyl (C=O) groups excluding carboxylic acids is 1. The quantitative estimate of drug-likeness (QED) is 0.495. The summed E-state index contributed by atoms with van der Waals surface area (Å²) in [5.41, 5.74) is 1.97. The molecule has 0 saturated heterocycles. The Hall–Kier alpha value is -0.880. The van der Waals surface area contributed by atoms with Crippen molar-refractivity contribution in [3.05, 3.63) is 67.7 Å². The smallest absolute Gasteiger partial charge is 0.310 e. The number of ether oxygens (including phenoxy) is 1. The number of hydrogen-bond donors (Lipinski definition) is 0. The van der Waals surface area contributed by atoms with Gasteiger partial charge in [0.25, 0.3) is 0 Å². The SMILES string of the molecule is C[C@H](OC(=O)Cc1ccccc1I)c1ccccc1Br. The number of hydrogen-bond acceptors (Lipinski definition) is 2. The molecule has 2 nitrogen and oxygen atoms in total. The molecule has 2 aromatic rings. The average Bonchev–Trinajstić information content (AvgIpc) is 2.41. The maximum atomic E-state index is 12.0. The van der Waals surface area contributed by atoms with E-state index in [0.29, 0.717) is 6.42 Å². The standard InChI is InChI=1S/C16H14BrIO2/c1-11(13-7-3-4-8-14(13)17)20-16(19)10-12-6-2-5-9-15(12)18/h2-9,11H,10H2,1H3/t11-/m0/s1. The first-order valence-electron chi connectivity index (χ1n) is 6.25. The summed E-state index contributed by atoms with van der Waals surface area (Å²) in [5, 5.41) is 0. The predicted octanol–water partition coefficient (Wildman–Crippen LogP) is 4.90. The van der Waals surface area contributed by atoms with Gasteiger partial charge in [-0.05, 0) is 47.2 Å². The molecule has 0 amide bonds. The van der Waals surface area contributed by atoms with Gasteiger partial charge in [0.15, 0.2) is 0 Å². The van der Waals surface area contributed by atoms with Crippen LogP contribution in [0.25, 0.3) is 0 Å². The van der Waals surface area contributed by atoms with Crippen LogP contribution in [-0.4, -0.2) is 5.97 Å². The summed E-state index contributed by atoms with van der Waals surface area (Å²) in [7, 11) is 0. The topological polar surface area (TPSA) is 26.3 Å². The minimum Gasteiger partial charge on any atom is -0.457 e. The van der Waals surface area contributed by atoms with Gasteiger partial charge in [-0.3, -0.25) is 4.79 Å². The summed E-state index contributed by atoms with van der Waals surface area (Å²) in [6, 6.07) is 15.6. The normalized spacial score (nSPS) is 11.9. The highest BCUT2D eigenvalue weighted by molar-refractivity contribution is 14.1. The molecule has 4 heteroatoms. The monoisotopic (exact) mass is 444 g/mol. The third kappa shape index (κ3) is 4.06. The molecule has 0 bridgehead atoms. The van der Waals surface area contributed by atoms with Crippen LogP contribution in [0.3, 0.4) is 0 Å². The second kappa shape index (κ2) is 7.22. The average molecular weight is 445 g/mol. The van der Waals surface area contributed by atoms with Gasteiger partial charge in [-0.1, -0.05) is 52.3 Å². The minimum absolute atomic E-state index is 0.211. The lowest BCUT2D eigenvalue weighted by molar-refractivity contribution is -0.147. The molecule has 2 rings (SSSR count). The number of rotatable bonds is 4. The Kier molecular flexibility index (Phi) is 5.60. The second-order valence-electron chi connectivity index (χ2n) is 4.42. The highest BCUT2D eigenvalue weighted by atomic mass is 127. The highest BCUT2D eigenvalue weighted by Gasteiger charge is 2.15. The lowest BCUT2D eigenvalue weighted by atomic mass is 10.1. The molecule has 0 heterocycles. The molecule has 104 valence electrons. The van der Waals surface area contributed by atoms with Crippen LogP contribution >= 0.6 is 38.5 Å². The van der Waals surface area contributed by atoms with Crippen LogP contribution < -0.4 is 0 Å². The predicted molar refractivity (Wildman–Crippen MR) is 91.5 cm³/mol. The Labute approximate surface area is 140 Å². The van der Waals surface area contributed by atoms with E-state index in [1.54, 1.807) is 0 Å². The molecule has 0 saturated carbocycles. The van der Waals surface area contributed by atoms with Gasteiger partial charge < -0.3 is 4.74 Å².